The molecular formula is C7H18NOP. The van der Waals surface area contributed by atoms with Crippen molar-refractivity contribution < 1.29 is 5.11 Å². The van der Waals surface area contributed by atoms with Gasteiger partial charge < -0.3 is 5.11 Å². The molecule has 0 fully saturated rings. The zero-order valence-electron chi connectivity index (χ0n) is 7.02. The Morgan fingerprint density at radius 2 is 2.10 bits per heavy atom. The Bertz CT molecular complexity index is 91.6. The Hall–Kier alpha value is 0.350. The largest absolute Gasteiger partial charge is 0.394 e. The first-order valence-electron chi connectivity index (χ1n) is 3.62. The van der Waals surface area contributed by atoms with Gasteiger partial charge in [0.1, 0.15) is 0 Å². The first kappa shape index (κ1) is 10.3. The van der Waals surface area contributed by atoms with Gasteiger partial charge in [-0.15, -0.1) is 0 Å². The van der Waals surface area contributed by atoms with Crippen molar-refractivity contribution >= 4 is 9.39 Å². The van der Waals surface area contributed by atoms with Gasteiger partial charge in [0.15, 0.2) is 0 Å². The van der Waals surface area contributed by atoms with E-state index in [9.17, 15) is 0 Å². The van der Waals surface area contributed by atoms with E-state index in [1.165, 1.54) is 0 Å². The lowest BCUT2D eigenvalue weighted by molar-refractivity contribution is 0.176. The molecule has 0 bridgehead atoms. The summed E-state index contributed by atoms with van der Waals surface area (Å²) in [4.78, 5) is 0. The molecule has 0 aliphatic heterocycles. The lowest BCUT2D eigenvalue weighted by Gasteiger charge is -2.28. The molecule has 2 N–H and O–H groups in total. The van der Waals surface area contributed by atoms with Crippen molar-refractivity contribution in [3.05, 3.63) is 0 Å². The van der Waals surface area contributed by atoms with Crippen molar-refractivity contribution in [1.82, 2.24) is 5.09 Å². The van der Waals surface area contributed by atoms with E-state index in [0.29, 0.717) is 5.92 Å². The highest BCUT2D eigenvalue weighted by Crippen LogP contribution is 2.16. The standard InChI is InChI=1S/C7H18NOP/c1-6(2)4-7(3,5-9)8-10/h6,8-9H,4-5,10H2,1-3H3/t7-/m0/s1. The normalized spacial score (nSPS) is 17.4. The van der Waals surface area contributed by atoms with Crippen molar-refractivity contribution in [3.8, 4) is 0 Å². The first-order chi connectivity index (χ1) is 4.54. The van der Waals surface area contributed by atoms with Crippen LogP contribution < -0.4 is 5.09 Å². The van der Waals surface area contributed by atoms with Gasteiger partial charge in [0.2, 0.25) is 0 Å². The maximum atomic E-state index is 8.96. The summed E-state index contributed by atoms with van der Waals surface area (Å²) in [6, 6.07) is 0. The van der Waals surface area contributed by atoms with Gasteiger partial charge in [-0.25, -0.2) is 0 Å². The second-order valence-electron chi connectivity index (χ2n) is 3.46. The number of nitrogens with one attached hydrogen (secondary N) is 1. The summed E-state index contributed by atoms with van der Waals surface area (Å²) in [5.74, 6) is 0.616. The first-order valence-corrected chi connectivity index (χ1v) is 4.20. The van der Waals surface area contributed by atoms with Crippen LogP contribution in [0.4, 0.5) is 0 Å². The Balaban J connectivity index is 3.80. The quantitative estimate of drug-likeness (QED) is 0.609. The molecule has 3 heteroatoms. The van der Waals surface area contributed by atoms with E-state index in [1.807, 2.05) is 6.92 Å². The molecule has 0 rings (SSSR count). The number of aliphatic hydroxyl groups is 1. The smallest absolute Gasteiger partial charge is 0.0613 e. The maximum Gasteiger partial charge on any atom is 0.0613 e. The van der Waals surface area contributed by atoms with E-state index >= 15 is 0 Å². The molecule has 62 valence electrons. The fourth-order valence-electron chi connectivity index (χ4n) is 1.07. The topological polar surface area (TPSA) is 32.3 Å². The van der Waals surface area contributed by atoms with Crippen LogP contribution in [0.15, 0.2) is 0 Å². The van der Waals surface area contributed by atoms with Gasteiger partial charge in [-0.1, -0.05) is 23.2 Å². The average Bonchev–Trinajstić information content (AvgIpc) is 1.87. The molecule has 0 aromatic rings. The highest BCUT2D eigenvalue weighted by molar-refractivity contribution is 7.13. The molecule has 2 nitrogen and oxygen atoms in total. The van der Waals surface area contributed by atoms with Crippen LogP contribution >= 0.6 is 9.39 Å². The van der Waals surface area contributed by atoms with Crippen LogP contribution in [-0.4, -0.2) is 17.3 Å². The van der Waals surface area contributed by atoms with Gasteiger partial charge in [-0.3, -0.25) is 5.09 Å². The summed E-state index contributed by atoms with van der Waals surface area (Å²) in [6.07, 6.45) is 0.993. The summed E-state index contributed by atoms with van der Waals surface area (Å²) in [5.41, 5.74) is -0.126. The molecule has 0 saturated carbocycles. The molecule has 0 aliphatic carbocycles. The Labute approximate surface area is 65.7 Å². The van der Waals surface area contributed by atoms with Gasteiger partial charge in [0, 0.05) is 5.54 Å². The predicted molar refractivity (Wildman–Crippen MR) is 47.8 cm³/mol. The summed E-state index contributed by atoms with van der Waals surface area (Å²) in [6.45, 7) is 6.50. The minimum atomic E-state index is -0.126. The van der Waals surface area contributed by atoms with Crippen LogP contribution in [0.2, 0.25) is 0 Å². The number of hydrogen-bond donors (Lipinski definition) is 2. The molecule has 0 spiro atoms. The van der Waals surface area contributed by atoms with Gasteiger partial charge in [0.05, 0.1) is 6.61 Å². The van der Waals surface area contributed by atoms with Gasteiger partial charge in [-0.05, 0) is 19.3 Å². The fourth-order valence-corrected chi connectivity index (χ4v) is 1.28. The Morgan fingerprint density at radius 3 is 2.20 bits per heavy atom. The monoisotopic (exact) mass is 163 g/mol. The van der Waals surface area contributed by atoms with Crippen LogP contribution in [0.25, 0.3) is 0 Å². The summed E-state index contributed by atoms with van der Waals surface area (Å²) in [7, 11) is 2.45. The number of rotatable bonds is 4. The van der Waals surface area contributed by atoms with Crippen molar-refractivity contribution in [2.45, 2.75) is 32.7 Å². The molecule has 0 aromatic carbocycles. The molecule has 0 aliphatic rings. The second-order valence-corrected chi connectivity index (χ2v) is 3.75. The lowest BCUT2D eigenvalue weighted by atomic mass is 9.93. The molecule has 10 heavy (non-hydrogen) atoms. The van der Waals surface area contributed by atoms with Crippen LogP contribution in [0.5, 0.6) is 0 Å². The van der Waals surface area contributed by atoms with Crippen LogP contribution in [-0.2, 0) is 0 Å². The van der Waals surface area contributed by atoms with Gasteiger partial charge >= 0.3 is 0 Å². The second kappa shape index (κ2) is 4.27. The van der Waals surface area contributed by atoms with Crippen molar-refractivity contribution in [3.63, 3.8) is 0 Å². The molecule has 1 unspecified atom stereocenters. The third kappa shape index (κ3) is 3.50. The summed E-state index contributed by atoms with van der Waals surface area (Å²) < 4.78 is 0. The molecular weight excluding hydrogens is 145 g/mol. The highest BCUT2D eigenvalue weighted by Gasteiger charge is 2.21. The van der Waals surface area contributed by atoms with Crippen LogP contribution in [0, 0.1) is 5.92 Å². The van der Waals surface area contributed by atoms with Crippen LogP contribution in [0.3, 0.4) is 0 Å². The van der Waals surface area contributed by atoms with E-state index in [4.69, 9.17) is 5.11 Å². The highest BCUT2D eigenvalue weighted by atomic mass is 31.0. The fraction of sp³-hybridized carbons (Fsp3) is 1.00. The zero-order valence-corrected chi connectivity index (χ0v) is 8.17. The minimum Gasteiger partial charge on any atom is -0.394 e. The zero-order chi connectivity index (χ0) is 8.20. The van der Waals surface area contributed by atoms with Gasteiger partial charge in [0.25, 0.3) is 0 Å². The van der Waals surface area contributed by atoms with E-state index in [0.717, 1.165) is 6.42 Å². The number of hydrogen-bond acceptors (Lipinski definition) is 2. The average molecular weight is 163 g/mol. The van der Waals surface area contributed by atoms with Crippen molar-refractivity contribution in [2.24, 2.45) is 5.92 Å². The lowest BCUT2D eigenvalue weighted by Crippen LogP contribution is -2.41. The Morgan fingerprint density at radius 1 is 1.60 bits per heavy atom. The summed E-state index contributed by atoms with van der Waals surface area (Å²) >= 11 is 0. The van der Waals surface area contributed by atoms with Crippen molar-refractivity contribution in [2.75, 3.05) is 6.61 Å². The van der Waals surface area contributed by atoms with E-state index < -0.39 is 0 Å². The third-order valence-corrected chi connectivity index (χ3v) is 2.25. The molecule has 0 heterocycles. The van der Waals surface area contributed by atoms with E-state index in [2.05, 4.69) is 28.3 Å². The number of aliphatic hydroxyl groups excluding tert-OH is 1. The van der Waals surface area contributed by atoms with E-state index in [-0.39, 0.29) is 12.1 Å². The Kier molecular flexibility index (Phi) is 4.42. The van der Waals surface area contributed by atoms with E-state index in [1.54, 1.807) is 0 Å². The van der Waals surface area contributed by atoms with Gasteiger partial charge in [-0.2, -0.15) is 0 Å². The van der Waals surface area contributed by atoms with Crippen molar-refractivity contribution in [1.29, 1.82) is 0 Å². The SMILES string of the molecule is CC(C)C[C@@](C)(CO)NP. The molecule has 0 saturated heterocycles. The maximum absolute atomic E-state index is 8.96. The third-order valence-electron chi connectivity index (χ3n) is 1.56. The molecule has 2 atom stereocenters. The van der Waals surface area contributed by atoms with Crippen LogP contribution in [0.1, 0.15) is 27.2 Å². The predicted octanol–water partition coefficient (Wildman–Crippen LogP) is 1.16. The molecule has 0 radical (unpaired) electrons. The summed E-state index contributed by atoms with van der Waals surface area (Å²) in [5, 5.41) is 12.0. The minimum absolute atomic E-state index is 0.126. The molecule has 0 amide bonds. The molecule has 0 aromatic heterocycles.